The molecule has 0 aliphatic carbocycles. The molecule has 0 aliphatic heterocycles. The number of ether oxygens (including phenoxy) is 3. The molecule has 0 bridgehead atoms. The van der Waals surface area contributed by atoms with E-state index < -0.39 is 0 Å². The van der Waals surface area contributed by atoms with Crippen LogP contribution >= 0.6 is 0 Å². The molecule has 1 heterocycles. The molecule has 1 aromatic carbocycles. The van der Waals surface area contributed by atoms with Gasteiger partial charge in [0.1, 0.15) is 12.9 Å². The molecule has 7 heteroatoms. The van der Waals surface area contributed by atoms with Crippen LogP contribution < -0.4 is 19.5 Å². The van der Waals surface area contributed by atoms with Crippen LogP contribution in [0.2, 0.25) is 0 Å². The molecule has 0 radical (unpaired) electrons. The maximum absolute atomic E-state index is 5.81. The number of aromatic nitrogens is 3. The Morgan fingerprint density at radius 2 is 1.86 bits per heavy atom. The van der Waals surface area contributed by atoms with E-state index in [4.69, 9.17) is 14.2 Å². The topological polar surface area (TPSA) is 70.4 Å². The number of nitrogens with zero attached hydrogens (tertiary/aromatic N) is 3. The number of rotatable bonds is 7. The van der Waals surface area contributed by atoms with Crippen molar-refractivity contribution in [2.24, 2.45) is 7.05 Å². The van der Waals surface area contributed by atoms with Gasteiger partial charge in [0.05, 0.1) is 14.2 Å². The molecule has 0 saturated heterocycles. The lowest BCUT2D eigenvalue weighted by atomic mass is 10.2. The highest BCUT2D eigenvalue weighted by Crippen LogP contribution is 2.38. The van der Waals surface area contributed by atoms with E-state index in [0.29, 0.717) is 17.2 Å². The van der Waals surface area contributed by atoms with Gasteiger partial charge in [-0.1, -0.05) is 0 Å². The third-order valence-electron chi connectivity index (χ3n) is 3.05. The Bertz CT molecular complexity index is 573. The summed E-state index contributed by atoms with van der Waals surface area (Å²) >= 11 is 0. The largest absolute Gasteiger partial charge is 0.493 e. The molecule has 0 unspecified atom stereocenters. The molecule has 0 saturated carbocycles. The summed E-state index contributed by atoms with van der Waals surface area (Å²) in [4.78, 5) is 4.12. The normalized spacial score (nSPS) is 10.5. The molecule has 21 heavy (non-hydrogen) atoms. The highest BCUT2D eigenvalue weighted by Gasteiger charge is 2.15. The number of hydrogen-bond acceptors (Lipinski definition) is 6. The summed E-state index contributed by atoms with van der Waals surface area (Å²) < 4.78 is 18.3. The summed E-state index contributed by atoms with van der Waals surface area (Å²) in [7, 11) is 6.91. The lowest BCUT2D eigenvalue weighted by molar-refractivity contribution is 0.255. The Labute approximate surface area is 123 Å². The number of methoxy groups -OCH3 is 2. The van der Waals surface area contributed by atoms with Gasteiger partial charge in [0.2, 0.25) is 5.75 Å². The van der Waals surface area contributed by atoms with E-state index in [1.807, 2.05) is 26.2 Å². The zero-order valence-corrected chi connectivity index (χ0v) is 12.7. The van der Waals surface area contributed by atoms with E-state index in [1.54, 1.807) is 18.9 Å². The van der Waals surface area contributed by atoms with Gasteiger partial charge < -0.3 is 19.5 Å². The molecule has 0 amide bonds. The zero-order chi connectivity index (χ0) is 15.2. The SMILES string of the molecule is CNCc1cc(OC)c(OCc2ncnn2C)c(OC)c1. The fourth-order valence-electron chi connectivity index (χ4n) is 1.97. The van der Waals surface area contributed by atoms with Crippen LogP contribution in [0.15, 0.2) is 18.5 Å². The highest BCUT2D eigenvalue weighted by molar-refractivity contribution is 5.53. The third-order valence-corrected chi connectivity index (χ3v) is 3.05. The second-order valence-electron chi connectivity index (χ2n) is 4.45. The zero-order valence-electron chi connectivity index (χ0n) is 12.7. The fourth-order valence-corrected chi connectivity index (χ4v) is 1.97. The predicted molar refractivity (Wildman–Crippen MR) is 77.6 cm³/mol. The van der Waals surface area contributed by atoms with E-state index in [1.165, 1.54) is 6.33 Å². The first-order valence-electron chi connectivity index (χ1n) is 6.54. The smallest absolute Gasteiger partial charge is 0.204 e. The second kappa shape index (κ2) is 6.94. The minimum absolute atomic E-state index is 0.286. The monoisotopic (exact) mass is 292 g/mol. The van der Waals surface area contributed by atoms with Crippen molar-refractivity contribution < 1.29 is 14.2 Å². The average molecular weight is 292 g/mol. The molecule has 7 nitrogen and oxygen atoms in total. The first-order chi connectivity index (χ1) is 10.2. The van der Waals surface area contributed by atoms with Crippen LogP contribution in [-0.2, 0) is 20.2 Å². The number of nitrogens with one attached hydrogen (secondary N) is 1. The summed E-state index contributed by atoms with van der Waals surface area (Å²) in [5.41, 5.74) is 1.05. The van der Waals surface area contributed by atoms with E-state index in [0.717, 1.165) is 17.9 Å². The van der Waals surface area contributed by atoms with Crippen LogP contribution in [0.1, 0.15) is 11.4 Å². The lowest BCUT2D eigenvalue weighted by Crippen LogP contribution is -2.08. The Hall–Kier alpha value is -2.28. The predicted octanol–water partition coefficient (Wildman–Crippen LogP) is 1.13. The minimum Gasteiger partial charge on any atom is -0.493 e. The first-order valence-corrected chi connectivity index (χ1v) is 6.54. The lowest BCUT2D eigenvalue weighted by Gasteiger charge is -2.16. The second-order valence-corrected chi connectivity index (χ2v) is 4.45. The standard InChI is InChI=1S/C14H20N4O3/c1-15-7-10-5-11(19-3)14(12(6-10)20-4)21-8-13-16-9-17-18(13)2/h5-6,9,15H,7-8H2,1-4H3. The van der Waals surface area contributed by atoms with E-state index in [9.17, 15) is 0 Å². The number of hydrogen-bond donors (Lipinski definition) is 1. The van der Waals surface area contributed by atoms with Gasteiger partial charge in [-0.3, -0.25) is 4.68 Å². The molecular weight excluding hydrogens is 272 g/mol. The van der Waals surface area contributed by atoms with Crippen LogP contribution in [-0.4, -0.2) is 36.0 Å². The minimum atomic E-state index is 0.286. The van der Waals surface area contributed by atoms with Crippen molar-refractivity contribution in [1.29, 1.82) is 0 Å². The molecule has 1 aromatic heterocycles. The molecular formula is C14H20N4O3. The van der Waals surface area contributed by atoms with Gasteiger partial charge in [-0.15, -0.1) is 0 Å². The number of benzene rings is 1. The molecule has 0 spiro atoms. The van der Waals surface area contributed by atoms with Crippen molar-refractivity contribution in [1.82, 2.24) is 20.1 Å². The van der Waals surface area contributed by atoms with Gasteiger partial charge in [-0.05, 0) is 24.7 Å². The van der Waals surface area contributed by atoms with Gasteiger partial charge >= 0.3 is 0 Å². The molecule has 114 valence electrons. The Morgan fingerprint density at radius 1 is 1.19 bits per heavy atom. The first kappa shape index (κ1) is 15.1. The van der Waals surface area contributed by atoms with Crippen molar-refractivity contribution in [3.63, 3.8) is 0 Å². The molecule has 1 N–H and O–H groups in total. The van der Waals surface area contributed by atoms with E-state index in [2.05, 4.69) is 15.4 Å². The van der Waals surface area contributed by atoms with Gasteiger partial charge in [0.15, 0.2) is 17.3 Å². The Balaban J connectivity index is 2.26. The average Bonchev–Trinajstić information content (AvgIpc) is 2.90. The van der Waals surface area contributed by atoms with Crippen LogP contribution in [0.25, 0.3) is 0 Å². The molecule has 2 rings (SSSR count). The van der Waals surface area contributed by atoms with Gasteiger partial charge in [-0.2, -0.15) is 5.10 Å². The van der Waals surface area contributed by atoms with Gasteiger partial charge in [0.25, 0.3) is 0 Å². The quantitative estimate of drug-likeness (QED) is 0.825. The maximum Gasteiger partial charge on any atom is 0.204 e. The number of aryl methyl sites for hydroxylation is 1. The molecule has 0 fully saturated rings. The van der Waals surface area contributed by atoms with Gasteiger partial charge in [0, 0.05) is 13.6 Å². The summed E-state index contributed by atoms with van der Waals surface area (Å²) in [6.45, 7) is 1.00. The highest BCUT2D eigenvalue weighted by atomic mass is 16.5. The third kappa shape index (κ3) is 3.43. The van der Waals surface area contributed by atoms with Crippen LogP contribution in [0.4, 0.5) is 0 Å². The van der Waals surface area contributed by atoms with Crippen molar-refractivity contribution >= 4 is 0 Å². The van der Waals surface area contributed by atoms with Gasteiger partial charge in [-0.25, -0.2) is 4.98 Å². The summed E-state index contributed by atoms with van der Waals surface area (Å²) in [5.74, 6) is 2.53. The fraction of sp³-hybridized carbons (Fsp3) is 0.429. The van der Waals surface area contributed by atoms with Crippen LogP contribution in [0.5, 0.6) is 17.2 Å². The Morgan fingerprint density at radius 3 is 2.33 bits per heavy atom. The molecule has 0 atom stereocenters. The van der Waals surface area contributed by atoms with E-state index >= 15 is 0 Å². The Kier molecular flexibility index (Phi) is 4.99. The maximum atomic E-state index is 5.81. The molecule has 0 aliphatic rings. The van der Waals surface area contributed by atoms with Crippen molar-refractivity contribution in [3.8, 4) is 17.2 Å². The summed E-state index contributed by atoms with van der Waals surface area (Å²) in [6.07, 6.45) is 1.49. The summed E-state index contributed by atoms with van der Waals surface area (Å²) in [5, 5.41) is 7.10. The van der Waals surface area contributed by atoms with Crippen molar-refractivity contribution in [3.05, 3.63) is 29.8 Å². The molecule has 2 aromatic rings. The van der Waals surface area contributed by atoms with Crippen LogP contribution in [0.3, 0.4) is 0 Å². The van der Waals surface area contributed by atoms with Crippen LogP contribution in [0, 0.1) is 0 Å². The van der Waals surface area contributed by atoms with Crippen molar-refractivity contribution in [2.45, 2.75) is 13.2 Å². The summed E-state index contributed by atoms with van der Waals surface area (Å²) in [6, 6.07) is 3.84. The van der Waals surface area contributed by atoms with E-state index in [-0.39, 0.29) is 6.61 Å². The van der Waals surface area contributed by atoms with Crippen molar-refractivity contribution in [2.75, 3.05) is 21.3 Å².